The summed E-state index contributed by atoms with van der Waals surface area (Å²) in [7, 11) is 0. The van der Waals surface area contributed by atoms with E-state index >= 15 is 0 Å². The Hall–Kier alpha value is -0.100. The zero-order valence-electron chi connectivity index (χ0n) is 7.23. The van der Waals surface area contributed by atoms with E-state index in [4.69, 9.17) is 0 Å². The summed E-state index contributed by atoms with van der Waals surface area (Å²) >= 11 is 3.38. The van der Waals surface area contributed by atoms with Crippen LogP contribution in [0.1, 0.15) is 17.3 Å². The maximum atomic E-state index is 13.5. The van der Waals surface area contributed by atoms with Crippen LogP contribution in [-0.4, -0.2) is 12.0 Å². The van der Waals surface area contributed by atoms with E-state index in [1.165, 1.54) is 18.7 Å². The average molecular weight is 310 g/mol. The Morgan fingerprint density at radius 3 is 2.62 bits per heavy atom. The molecule has 1 nitrogen and oxygen atoms in total. The first-order valence-electron chi connectivity index (χ1n) is 3.60. The van der Waals surface area contributed by atoms with E-state index in [9.17, 15) is 9.18 Å². The molecule has 0 radical (unpaired) electrons. The van der Waals surface area contributed by atoms with E-state index in [1.54, 1.807) is 18.4 Å². The lowest BCUT2D eigenvalue weighted by molar-refractivity contribution is 0.101. The second kappa shape index (κ2) is 4.41. The minimum atomic E-state index is -0.402. The second-order valence-corrected chi connectivity index (χ2v) is 4.62. The third-order valence-electron chi connectivity index (χ3n) is 1.60. The summed E-state index contributed by atoms with van der Waals surface area (Å²) in [5.41, 5.74) is 0.177. The van der Waals surface area contributed by atoms with Crippen LogP contribution in [0.4, 0.5) is 4.39 Å². The Labute approximate surface area is 94.2 Å². The van der Waals surface area contributed by atoms with Gasteiger partial charge in [-0.25, -0.2) is 4.39 Å². The zero-order chi connectivity index (χ0) is 10.0. The molecule has 0 spiro atoms. The van der Waals surface area contributed by atoms with Crippen molar-refractivity contribution < 1.29 is 9.18 Å². The van der Waals surface area contributed by atoms with Crippen molar-refractivity contribution in [3.8, 4) is 0 Å². The molecule has 0 fully saturated rings. The smallest absolute Gasteiger partial charge is 0.162 e. The molecule has 0 heterocycles. The highest BCUT2D eigenvalue weighted by Gasteiger charge is 2.12. The van der Waals surface area contributed by atoms with E-state index < -0.39 is 5.82 Å². The molecule has 0 amide bonds. The number of hydrogen-bond acceptors (Lipinski definition) is 2. The summed E-state index contributed by atoms with van der Waals surface area (Å²) in [4.78, 5) is 11.6. The third kappa shape index (κ3) is 2.43. The van der Waals surface area contributed by atoms with Crippen LogP contribution in [0.25, 0.3) is 0 Å². The molecule has 0 bridgehead atoms. The highest BCUT2D eigenvalue weighted by Crippen LogP contribution is 2.25. The fourth-order valence-electron chi connectivity index (χ4n) is 0.969. The number of ketones is 1. The van der Waals surface area contributed by atoms with Gasteiger partial charge in [-0.2, -0.15) is 0 Å². The molecular weight excluding hydrogens is 302 g/mol. The third-order valence-corrected chi connectivity index (χ3v) is 2.96. The lowest BCUT2D eigenvalue weighted by Crippen LogP contribution is -1.99. The normalized spacial score (nSPS) is 10.2. The highest BCUT2D eigenvalue weighted by molar-refractivity contribution is 14.1. The van der Waals surface area contributed by atoms with Crippen LogP contribution in [0.5, 0.6) is 0 Å². The Kier molecular flexibility index (Phi) is 3.73. The van der Waals surface area contributed by atoms with E-state index in [1.807, 2.05) is 0 Å². The van der Waals surface area contributed by atoms with Crippen molar-refractivity contribution in [1.29, 1.82) is 0 Å². The molecule has 1 rings (SSSR count). The van der Waals surface area contributed by atoms with Gasteiger partial charge >= 0.3 is 0 Å². The zero-order valence-corrected chi connectivity index (χ0v) is 10.2. The van der Waals surface area contributed by atoms with Crippen molar-refractivity contribution in [3.63, 3.8) is 0 Å². The standard InChI is InChI=1S/C9H8FIOS/c1-5(12)7-3-6(11)4-8(13-2)9(7)10/h3-4H,1-2H3. The van der Waals surface area contributed by atoms with Gasteiger partial charge in [0.15, 0.2) is 5.78 Å². The first-order chi connectivity index (χ1) is 6.06. The van der Waals surface area contributed by atoms with Gasteiger partial charge in [0.1, 0.15) is 5.82 Å². The van der Waals surface area contributed by atoms with Crippen LogP contribution in [0.2, 0.25) is 0 Å². The Balaban J connectivity index is 3.35. The van der Waals surface area contributed by atoms with Gasteiger partial charge in [0, 0.05) is 8.47 Å². The number of halogens is 2. The van der Waals surface area contributed by atoms with Crippen LogP contribution >= 0.6 is 34.4 Å². The molecule has 0 atom stereocenters. The highest BCUT2D eigenvalue weighted by atomic mass is 127. The topological polar surface area (TPSA) is 17.1 Å². The molecule has 13 heavy (non-hydrogen) atoms. The number of Topliss-reactive ketones (excluding diaryl/α,β-unsaturated/α-hetero) is 1. The summed E-state index contributed by atoms with van der Waals surface area (Å²) in [5, 5.41) is 0. The maximum absolute atomic E-state index is 13.5. The van der Waals surface area contributed by atoms with Crippen molar-refractivity contribution >= 4 is 40.1 Å². The van der Waals surface area contributed by atoms with Gasteiger partial charge in [0.05, 0.1) is 5.56 Å². The number of benzene rings is 1. The Morgan fingerprint density at radius 2 is 2.15 bits per heavy atom. The molecule has 4 heteroatoms. The van der Waals surface area contributed by atoms with E-state index in [2.05, 4.69) is 22.6 Å². The first-order valence-corrected chi connectivity index (χ1v) is 5.90. The van der Waals surface area contributed by atoms with Crippen molar-refractivity contribution in [3.05, 3.63) is 27.1 Å². The molecule has 0 saturated heterocycles. The molecular formula is C9H8FIOS. The van der Waals surface area contributed by atoms with Crippen molar-refractivity contribution in [2.75, 3.05) is 6.26 Å². The van der Waals surface area contributed by atoms with Crippen molar-refractivity contribution in [1.82, 2.24) is 0 Å². The van der Waals surface area contributed by atoms with E-state index in [-0.39, 0.29) is 11.3 Å². The van der Waals surface area contributed by atoms with Gasteiger partial charge in [-0.1, -0.05) is 0 Å². The molecule has 0 N–H and O–H groups in total. The lowest BCUT2D eigenvalue weighted by Gasteiger charge is -2.04. The Bertz CT molecular complexity index is 352. The summed E-state index contributed by atoms with van der Waals surface area (Å²) in [5.74, 6) is -0.633. The molecule has 1 aromatic rings. The molecule has 0 saturated carbocycles. The van der Waals surface area contributed by atoms with Crippen LogP contribution in [0.3, 0.4) is 0 Å². The van der Waals surface area contributed by atoms with Crippen molar-refractivity contribution in [2.45, 2.75) is 11.8 Å². The van der Waals surface area contributed by atoms with Gasteiger partial charge in [0.2, 0.25) is 0 Å². The van der Waals surface area contributed by atoms with E-state index in [0.29, 0.717) is 4.90 Å². The lowest BCUT2D eigenvalue weighted by atomic mass is 10.1. The van der Waals surface area contributed by atoms with Crippen LogP contribution in [0.15, 0.2) is 17.0 Å². The molecule has 0 aliphatic carbocycles. The fraction of sp³-hybridized carbons (Fsp3) is 0.222. The molecule has 0 aliphatic heterocycles. The Morgan fingerprint density at radius 1 is 1.54 bits per heavy atom. The molecule has 1 aromatic carbocycles. The van der Waals surface area contributed by atoms with Gasteiger partial charge in [-0.3, -0.25) is 4.79 Å². The quantitative estimate of drug-likeness (QED) is 0.473. The number of carbonyl (C=O) groups excluding carboxylic acids is 1. The van der Waals surface area contributed by atoms with Gasteiger partial charge in [0.25, 0.3) is 0 Å². The van der Waals surface area contributed by atoms with Crippen LogP contribution < -0.4 is 0 Å². The fourth-order valence-corrected chi connectivity index (χ4v) is 2.34. The van der Waals surface area contributed by atoms with Gasteiger partial charge in [-0.05, 0) is 47.9 Å². The predicted octanol–water partition coefficient (Wildman–Crippen LogP) is 3.35. The minimum Gasteiger partial charge on any atom is -0.294 e. The summed E-state index contributed by atoms with van der Waals surface area (Å²) in [6.07, 6.45) is 1.79. The number of carbonyl (C=O) groups is 1. The molecule has 0 unspecified atom stereocenters. The summed E-state index contributed by atoms with van der Waals surface area (Å²) in [6, 6.07) is 3.30. The number of thioether (sulfide) groups is 1. The summed E-state index contributed by atoms with van der Waals surface area (Å²) < 4.78 is 14.3. The van der Waals surface area contributed by atoms with Crippen molar-refractivity contribution in [2.24, 2.45) is 0 Å². The SMILES string of the molecule is CSc1cc(I)cc(C(C)=O)c1F. The van der Waals surface area contributed by atoms with Crippen LogP contribution in [-0.2, 0) is 0 Å². The minimum absolute atomic E-state index is 0.177. The first kappa shape index (κ1) is 11.0. The largest absolute Gasteiger partial charge is 0.294 e. The monoisotopic (exact) mass is 310 g/mol. The van der Waals surface area contributed by atoms with Crippen LogP contribution in [0, 0.1) is 9.39 Å². The molecule has 0 aliphatic rings. The number of hydrogen-bond donors (Lipinski definition) is 0. The van der Waals surface area contributed by atoms with Gasteiger partial charge in [-0.15, -0.1) is 11.8 Å². The predicted molar refractivity (Wildman–Crippen MR) is 60.9 cm³/mol. The summed E-state index contributed by atoms with van der Waals surface area (Å²) in [6.45, 7) is 1.37. The molecule has 0 aromatic heterocycles. The second-order valence-electron chi connectivity index (χ2n) is 2.53. The average Bonchev–Trinajstić information content (AvgIpc) is 2.08. The molecule has 70 valence electrons. The van der Waals surface area contributed by atoms with E-state index in [0.717, 1.165) is 3.57 Å². The number of rotatable bonds is 2. The van der Waals surface area contributed by atoms with Gasteiger partial charge < -0.3 is 0 Å². The maximum Gasteiger partial charge on any atom is 0.162 e.